The van der Waals surface area contributed by atoms with Crippen molar-refractivity contribution in [3.63, 3.8) is 0 Å². The van der Waals surface area contributed by atoms with Gasteiger partial charge >= 0.3 is 0 Å². The molecule has 1 aliphatic carbocycles. The Morgan fingerprint density at radius 1 is 1.17 bits per heavy atom. The predicted molar refractivity (Wildman–Crippen MR) is 71.3 cm³/mol. The number of aromatic nitrogens is 1. The highest BCUT2D eigenvalue weighted by Gasteiger charge is 2.33. The van der Waals surface area contributed by atoms with Crippen LogP contribution in [-0.4, -0.2) is 17.6 Å². The number of piperidine rings is 1. The van der Waals surface area contributed by atoms with Crippen molar-refractivity contribution in [1.29, 1.82) is 5.26 Å². The van der Waals surface area contributed by atoms with Crippen molar-refractivity contribution in [3.05, 3.63) is 23.9 Å². The Morgan fingerprint density at radius 2 is 2.00 bits per heavy atom. The third-order valence-corrected chi connectivity index (χ3v) is 4.41. The maximum Gasteiger partial charge on any atom is 0.128 e. The minimum absolute atomic E-state index is 0.649. The summed E-state index contributed by atoms with van der Waals surface area (Å²) in [5.41, 5.74) is 0.649. The fraction of sp³-hybridized carbons (Fsp3) is 0.600. The van der Waals surface area contributed by atoms with Gasteiger partial charge in [-0.2, -0.15) is 5.26 Å². The largest absolute Gasteiger partial charge is 0.353 e. The molecule has 0 N–H and O–H groups in total. The third kappa shape index (κ3) is 2.08. The number of rotatable bonds is 1. The van der Waals surface area contributed by atoms with Crippen molar-refractivity contribution in [2.75, 3.05) is 11.4 Å². The Bertz CT molecular complexity index is 444. The molecule has 1 aromatic rings. The summed E-state index contributed by atoms with van der Waals surface area (Å²) >= 11 is 0. The number of anilines is 1. The zero-order valence-electron chi connectivity index (χ0n) is 10.7. The highest BCUT2D eigenvalue weighted by molar-refractivity contribution is 5.43. The second-order valence-electron chi connectivity index (χ2n) is 5.46. The molecule has 0 spiro atoms. The van der Waals surface area contributed by atoms with E-state index in [4.69, 9.17) is 5.26 Å². The van der Waals surface area contributed by atoms with Gasteiger partial charge in [0.25, 0.3) is 0 Å². The van der Waals surface area contributed by atoms with Gasteiger partial charge in [-0.15, -0.1) is 0 Å². The summed E-state index contributed by atoms with van der Waals surface area (Å²) in [4.78, 5) is 6.95. The molecule has 0 aromatic carbocycles. The van der Waals surface area contributed by atoms with E-state index in [9.17, 15) is 0 Å². The van der Waals surface area contributed by atoms with Gasteiger partial charge < -0.3 is 4.90 Å². The first-order valence-corrected chi connectivity index (χ1v) is 7.01. The molecular weight excluding hydrogens is 222 g/mol. The molecule has 3 rings (SSSR count). The third-order valence-electron chi connectivity index (χ3n) is 4.41. The van der Waals surface area contributed by atoms with Crippen LogP contribution < -0.4 is 4.90 Å². The topological polar surface area (TPSA) is 39.9 Å². The lowest BCUT2D eigenvalue weighted by atomic mass is 9.78. The molecule has 2 heterocycles. The number of hydrogen-bond donors (Lipinski definition) is 0. The SMILES string of the molecule is N#Cc1ccc(N2CCC[C@H]3CCCC[C@H]32)nc1. The minimum Gasteiger partial charge on any atom is -0.353 e. The van der Waals surface area contributed by atoms with Crippen molar-refractivity contribution < 1.29 is 0 Å². The van der Waals surface area contributed by atoms with Gasteiger partial charge in [-0.25, -0.2) is 4.98 Å². The lowest BCUT2D eigenvalue weighted by Gasteiger charge is -2.44. The molecular formula is C15H19N3. The van der Waals surface area contributed by atoms with Crippen molar-refractivity contribution in [2.24, 2.45) is 5.92 Å². The van der Waals surface area contributed by atoms with E-state index >= 15 is 0 Å². The molecule has 18 heavy (non-hydrogen) atoms. The van der Waals surface area contributed by atoms with E-state index in [-0.39, 0.29) is 0 Å². The van der Waals surface area contributed by atoms with Crippen molar-refractivity contribution in [1.82, 2.24) is 4.98 Å². The monoisotopic (exact) mass is 241 g/mol. The van der Waals surface area contributed by atoms with Crippen LogP contribution in [0.3, 0.4) is 0 Å². The molecule has 2 aliphatic rings. The smallest absolute Gasteiger partial charge is 0.128 e. The minimum atomic E-state index is 0.649. The molecule has 3 nitrogen and oxygen atoms in total. The molecule has 0 unspecified atom stereocenters. The first-order valence-electron chi connectivity index (χ1n) is 7.01. The zero-order valence-corrected chi connectivity index (χ0v) is 10.7. The van der Waals surface area contributed by atoms with Gasteiger partial charge in [0.05, 0.1) is 5.56 Å². The Morgan fingerprint density at radius 3 is 2.78 bits per heavy atom. The Kier molecular flexibility index (Phi) is 3.19. The Hall–Kier alpha value is -1.56. The van der Waals surface area contributed by atoms with Crippen molar-refractivity contribution in [2.45, 2.75) is 44.6 Å². The van der Waals surface area contributed by atoms with E-state index < -0.39 is 0 Å². The quantitative estimate of drug-likeness (QED) is 0.758. The lowest BCUT2D eigenvalue weighted by molar-refractivity contribution is 0.243. The molecule has 1 aromatic heterocycles. The van der Waals surface area contributed by atoms with Crippen LogP contribution in [0.5, 0.6) is 0 Å². The number of pyridine rings is 1. The second kappa shape index (κ2) is 4.97. The molecule has 0 amide bonds. The van der Waals surface area contributed by atoms with E-state index in [0.29, 0.717) is 11.6 Å². The molecule has 2 atom stereocenters. The van der Waals surface area contributed by atoms with Crippen LogP contribution in [0.4, 0.5) is 5.82 Å². The van der Waals surface area contributed by atoms with Gasteiger partial charge in [-0.1, -0.05) is 12.8 Å². The number of nitriles is 1. The summed E-state index contributed by atoms with van der Waals surface area (Å²) in [5, 5.41) is 8.82. The molecule has 1 aliphatic heterocycles. The van der Waals surface area contributed by atoms with Crippen LogP contribution in [-0.2, 0) is 0 Å². The standard InChI is InChI=1S/C15H19N3/c16-10-12-7-8-15(17-11-12)18-9-3-5-13-4-1-2-6-14(13)18/h7-8,11,13-14H,1-6,9H2/t13-,14-/m1/s1. The number of hydrogen-bond acceptors (Lipinski definition) is 3. The van der Waals surface area contributed by atoms with Crippen LogP contribution in [0.2, 0.25) is 0 Å². The number of nitrogens with zero attached hydrogens (tertiary/aromatic N) is 3. The van der Waals surface area contributed by atoms with Crippen LogP contribution >= 0.6 is 0 Å². The normalized spacial score (nSPS) is 27.4. The Labute approximate surface area is 108 Å². The zero-order chi connectivity index (χ0) is 12.4. The van der Waals surface area contributed by atoms with Gasteiger partial charge in [-0.05, 0) is 43.7 Å². The second-order valence-corrected chi connectivity index (χ2v) is 5.46. The fourth-order valence-electron chi connectivity index (χ4n) is 3.53. The van der Waals surface area contributed by atoms with Gasteiger partial charge in [0.1, 0.15) is 11.9 Å². The average molecular weight is 241 g/mol. The maximum atomic E-state index is 8.82. The molecule has 1 saturated heterocycles. The summed E-state index contributed by atoms with van der Waals surface area (Å²) in [5.74, 6) is 1.93. The van der Waals surface area contributed by atoms with E-state index in [2.05, 4.69) is 16.0 Å². The molecule has 0 bridgehead atoms. The average Bonchev–Trinajstić information content (AvgIpc) is 2.47. The number of fused-ring (bicyclic) bond motifs is 1. The van der Waals surface area contributed by atoms with Gasteiger partial charge in [0, 0.05) is 18.8 Å². The van der Waals surface area contributed by atoms with E-state index in [1.807, 2.05) is 12.1 Å². The summed E-state index contributed by atoms with van der Waals surface area (Å²) in [6, 6.07) is 6.71. The summed E-state index contributed by atoms with van der Waals surface area (Å²) in [6.07, 6.45) is 9.82. The molecule has 3 heteroatoms. The lowest BCUT2D eigenvalue weighted by Crippen LogP contribution is -2.47. The molecule has 2 fully saturated rings. The van der Waals surface area contributed by atoms with Crippen molar-refractivity contribution in [3.8, 4) is 6.07 Å². The first kappa shape index (κ1) is 11.5. The van der Waals surface area contributed by atoms with Gasteiger partial charge in [-0.3, -0.25) is 0 Å². The Balaban J connectivity index is 1.82. The van der Waals surface area contributed by atoms with Crippen LogP contribution in [0.15, 0.2) is 18.3 Å². The highest BCUT2D eigenvalue weighted by Crippen LogP contribution is 2.37. The molecule has 0 radical (unpaired) electrons. The first-order chi connectivity index (χ1) is 8.88. The van der Waals surface area contributed by atoms with Gasteiger partial charge in [0.2, 0.25) is 0 Å². The van der Waals surface area contributed by atoms with Gasteiger partial charge in [0.15, 0.2) is 0 Å². The highest BCUT2D eigenvalue weighted by atomic mass is 15.2. The maximum absolute atomic E-state index is 8.82. The molecule has 1 saturated carbocycles. The summed E-state index contributed by atoms with van der Waals surface area (Å²) < 4.78 is 0. The van der Waals surface area contributed by atoms with E-state index in [1.54, 1.807) is 6.20 Å². The van der Waals surface area contributed by atoms with Crippen LogP contribution in [0.1, 0.15) is 44.1 Å². The van der Waals surface area contributed by atoms with Crippen LogP contribution in [0.25, 0.3) is 0 Å². The fourth-order valence-corrected chi connectivity index (χ4v) is 3.53. The van der Waals surface area contributed by atoms with Crippen LogP contribution in [0, 0.1) is 17.2 Å². The summed E-state index contributed by atoms with van der Waals surface area (Å²) in [6.45, 7) is 1.13. The summed E-state index contributed by atoms with van der Waals surface area (Å²) in [7, 11) is 0. The van der Waals surface area contributed by atoms with Crippen molar-refractivity contribution >= 4 is 5.82 Å². The predicted octanol–water partition coefficient (Wildman–Crippen LogP) is 3.11. The van der Waals surface area contributed by atoms with E-state index in [0.717, 1.165) is 18.3 Å². The van der Waals surface area contributed by atoms with E-state index in [1.165, 1.54) is 38.5 Å². The molecule has 94 valence electrons.